The molecule has 1 aromatic rings. The first-order chi connectivity index (χ1) is 13.4. The molecule has 0 spiro atoms. The Kier molecular flexibility index (Phi) is 6.78. The number of rotatable bonds is 4. The lowest BCUT2D eigenvalue weighted by molar-refractivity contribution is -0.133. The number of anilines is 2. The van der Waals surface area contributed by atoms with Crippen LogP contribution in [0.25, 0.3) is 0 Å². The normalized spacial score (nSPS) is 17.5. The maximum atomic E-state index is 12.5. The quantitative estimate of drug-likeness (QED) is 0.802. The van der Waals surface area contributed by atoms with Crippen LogP contribution < -0.4 is 10.6 Å². The molecule has 152 valence electrons. The first-order valence-electron chi connectivity index (χ1n) is 9.83. The molecular weight excluding hydrogens is 380 g/mol. The Morgan fingerprint density at radius 2 is 1.68 bits per heavy atom. The summed E-state index contributed by atoms with van der Waals surface area (Å²) in [6, 6.07) is 4.70. The van der Waals surface area contributed by atoms with E-state index in [0.717, 1.165) is 12.8 Å². The van der Waals surface area contributed by atoms with E-state index in [1.807, 2.05) is 4.90 Å². The highest BCUT2D eigenvalue weighted by molar-refractivity contribution is 6.34. The van der Waals surface area contributed by atoms with E-state index in [-0.39, 0.29) is 17.8 Å². The smallest absolute Gasteiger partial charge is 0.322 e. The third-order valence-corrected chi connectivity index (χ3v) is 5.70. The molecule has 0 unspecified atom stereocenters. The minimum atomic E-state index is -0.239. The van der Waals surface area contributed by atoms with Crippen LogP contribution in [0.4, 0.5) is 16.2 Å². The molecule has 0 radical (unpaired) electrons. The molecule has 28 heavy (non-hydrogen) atoms. The predicted molar refractivity (Wildman–Crippen MR) is 110 cm³/mol. The number of nitrogens with one attached hydrogen (secondary N) is 2. The number of carbonyl (C=O) groups is 3. The van der Waals surface area contributed by atoms with Crippen molar-refractivity contribution in [3.8, 4) is 0 Å². The lowest BCUT2D eigenvalue weighted by Crippen LogP contribution is -2.51. The fourth-order valence-electron chi connectivity index (χ4n) is 3.84. The van der Waals surface area contributed by atoms with E-state index >= 15 is 0 Å². The second-order valence-corrected chi connectivity index (χ2v) is 7.94. The van der Waals surface area contributed by atoms with Gasteiger partial charge in [0.25, 0.3) is 0 Å². The van der Waals surface area contributed by atoms with Crippen LogP contribution in [0, 0.1) is 5.92 Å². The summed E-state index contributed by atoms with van der Waals surface area (Å²) >= 11 is 6.20. The molecule has 1 saturated heterocycles. The van der Waals surface area contributed by atoms with Gasteiger partial charge in [0, 0.05) is 45.2 Å². The minimum absolute atomic E-state index is 0.187. The van der Waals surface area contributed by atoms with Crippen molar-refractivity contribution < 1.29 is 14.4 Å². The van der Waals surface area contributed by atoms with Crippen LogP contribution in [0.1, 0.15) is 39.0 Å². The highest BCUT2D eigenvalue weighted by Crippen LogP contribution is 2.28. The minimum Gasteiger partial charge on any atom is -0.339 e. The summed E-state index contributed by atoms with van der Waals surface area (Å²) in [6.07, 6.45) is 5.44. The fraction of sp³-hybridized carbons (Fsp3) is 0.550. The number of urea groups is 1. The van der Waals surface area contributed by atoms with Gasteiger partial charge in [-0.25, -0.2) is 4.79 Å². The largest absolute Gasteiger partial charge is 0.339 e. The Balaban J connectivity index is 1.48. The van der Waals surface area contributed by atoms with Crippen LogP contribution in [0.3, 0.4) is 0 Å². The van der Waals surface area contributed by atoms with Crippen LogP contribution in [-0.2, 0) is 9.59 Å². The third kappa shape index (κ3) is 5.38. The Hall–Kier alpha value is -2.28. The van der Waals surface area contributed by atoms with Gasteiger partial charge < -0.3 is 20.4 Å². The van der Waals surface area contributed by atoms with E-state index in [9.17, 15) is 14.4 Å². The van der Waals surface area contributed by atoms with Crippen molar-refractivity contribution >= 4 is 40.8 Å². The van der Waals surface area contributed by atoms with Crippen LogP contribution in [0.15, 0.2) is 18.2 Å². The lowest BCUT2D eigenvalue weighted by Gasteiger charge is -2.35. The number of hydrogen-bond acceptors (Lipinski definition) is 3. The molecule has 4 amide bonds. The van der Waals surface area contributed by atoms with Gasteiger partial charge in [-0.05, 0) is 37.0 Å². The molecule has 2 fully saturated rings. The number of carbonyl (C=O) groups excluding carboxylic acids is 3. The molecule has 8 heteroatoms. The van der Waals surface area contributed by atoms with E-state index < -0.39 is 0 Å². The number of piperazine rings is 1. The van der Waals surface area contributed by atoms with Gasteiger partial charge >= 0.3 is 6.03 Å². The van der Waals surface area contributed by atoms with Gasteiger partial charge in [0.15, 0.2) is 0 Å². The molecule has 7 nitrogen and oxygen atoms in total. The fourth-order valence-corrected chi connectivity index (χ4v) is 4.07. The maximum Gasteiger partial charge on any atom is 0.322 e. The summed E-state index contributed by atoms with van der Waals surface area (Å²) in [5.41, 5.74) is 1.06. The van der Waals surface area contributed by atoms with Crippen LogP contribution in [0.2, 0.25) is 5.02 Å². The Morgan fingerprint density at radius 1 is 1.04 bits per heavy atom. The van der Waals surface area contributed by atoms with Crippen molar-refractivity contribution in [3.05, 3.63) is 23.2 Å². The summed E-state index contributed by atoms with van der Waals surface area (Å²) in [4.78, 5) is 39.6. The molecule has 2 aliphatic rings. The van der Waals surface area contributed by atoms with Crippen molar-refractivity contribution in [3.63, 3.8) is 0 Å². The van der Waals surface area contributed by atoms with Crippen molar-refractivity contribution in [2.75, 3.05) is 36.8 Å². The van der Waals surface area contributed by atoms with Gasteiger partial charge in [0.2, 0.25) is 11.8 Å². The highest BCUT2D eigenvalue weighted by Gasteiger charge is 2.27. The van der Waals surface area contributed by atoms with Crippen LogP contribution in [0.5, 0.6) is 0 Å². The average molecular weight is 407 g/mol. The second-order valence-electron chi connectivity index (χ2n) is 7.53. The Morgan fingerprint density at radius 3 is 2.29 bits per heavy atom. The van der Waals surface area contributed by atoms with E-state index in [1.165, 1.54) is 19.8 Å². The average Bonchev–Trinajstić information content (AvgIpc) is 3.16. The molecule has 1 aromatic carbocycles. The van der Waals surface area contributed by atoms with Crippen molar-refractivity contribution in [2.24, 2.45) is 5.92 Å². The second kappa shape index (κ2) is 9.28. The zero-order valence-electron chi connectivity index (χ0n) is 16.2. The number of halogens is 1. The number of benzene rings is 1. The topological polar surface area (TPSA) is 81.8 Å². The molecule has 2 N–H and O–H groups in total. The Bertz CT molecular complexity index is 741. The van der Waals surface area contributed by atoms with E-state index in [2.05, 4.69) is 10.6 Å². The van der Waals surface area contributed by atoms with Gasteiger partial charge in [-0.2, -0.15) is 0 Å². The summed E-state index contributed by atoms with van der Waals surface area (Å²) < 4.78 is 0. The highest BCUT2D eigenvalue weighted by atomic mass is 35.5. The zero-order chi connectivity index (χ0) is 20.1. The summed E-state index contributed by atoms with van der Waals surface area (Å²) in [7, 11) is 0. The molecule has 0 atom stereocenters. The van der Waals surface area contributed by atoms with Crippen molar-refractivity contribution in [1.82, 2.24) is 9.80 Å². The number of hydrogen-bond donors (Lipinski definition) is 2. The van der Waals surface area contributed by atoms with Crippen molar-refractivity contribution in [1.29, 1.82) is 0 Å². The van der Waals surface area contributed by atoms with Gasteiger partial charge in [0.05, 0.1) is 10.7 Å². The van der Waals surface area contributed by atoms with Gasteiger partial charge in [-0.15, -0.1) is 0 Å². The van der Waals surface area contributed by atoms with Gasteiger partial charge in [0.1, 0.15) is 0 Å². The third-order valence-electron chi connectivity index (χ3n) is 5.39. The standard InChI is InChI=1S/C20H27ClN4O3/c1-14(26)22-16-6-7-18(17(21)13-16)23-20(28)25-10-8-24(9-11-25)19(27)12-15-4-2-3-5-15/h6-7,13,15H,2-5,8-12H2,1H3,(H,22,26)(H,23,28). The van der Waals surface area contributed by atoms with Gasteiger partial charge in [-0.1, -0.05) is 24.4 Å². The summed E-state index contributed by atoms with van der Waals surface area (Å²) in [6.45, 7) is 3.55. The first-order valence-corrected chi connectivity index (χ1v) is 10.2. The summed E-state index contributed by atoms with van der Waals surface area (Å²) in [5, 5.41) is 5.80. The molecule has 1 aliphatic carbocycles. The number of amides is 4. The maximum absolute atomic E-state index is 12.5. The predicted octanol–water partition coefficient (Wildman–Crippen LogP) is 3.55. The van der Waals surface area contributed by atoms with E-state index in [4.69, 9.17) is 11.6 Å². The first kappa shape index (κ1) is 20.5. The molecule has 0 aromatic heterocycles. The number of nitrogens with zero attached hydrogens (tertiary/aromatic N) is 2. The molecule has 3 rings (SSSR count). The van der Waals surface area contributed by atoms with Crippen LogP contribution in [-0.4, -0.2) is 53.8 Å². The monoisotopic (exact) mass is 406 g/mol. The SMILES string of the molecule is CC(=O)Nc1ccc(NC(=O)N2CCN(C(=O)CC3CCCC3)CC2)c(Cl)c1. The molecule has 1 heterocycles. The molecule has 0 bridgehead atoms. The van der Waals surface area contributed by atoms with Crippen LogP contribution >= 0.6 is 11.6 Å². The Labute approximate surface area is 170 Å². The van der Waals surface area contributed by atoms with Crippen molar-refractivity contribution in [2.45, 2.75) is 39.0 Å². The summed E-state index contributed by atoms with van der Waals surface area (Å²) in [5.74, 6) is 0.563. The molecule has 1 saturated carbocycles. The zero-order valence-corrected chi connectivity index (χ0v) is 16.9. The van der Waals surface area contributed by atoms with E-state index in [0.29, 0.717) is 54.9 Å². The lowest BCUT2D eigenvalue weighted by atomic mass is 10.0. The molecular formula is C20H27ClN4O3. The van der Waals surface area contributed by atoms with E-state index in [1.54, 1.807) is 23.1 Å². The molecule has 1 aliphatic heterocycles. The van der Waals surface area contributed by atoms with Gasteiger partial charge in [-0.3, -0.25) is 9.59 Å².